The molecule has 44 heavy (non-hydrogen) atoms. The summed E-state index contributed by atoms with van der Waals surface area (Å²) < 4.78 is 50.1. The van der Waals surface area contributed by atoms with Crippen LogP contribution in [-0.2, 0) is 23.9 Å². The van der Waals surface area contributed by atoms with Crippen molar-refractivity contribution in [3.05, 3.63) is 41.2 Å². The summed E-state index contributed by atoms with van der Waals surface area (Å²) in [5.74, 6) is -9.42. The second-order valence-corrected chi connectivity index (χ2v) is 12.6. The van der Waals surface area contributed by atoms with E-state index in [1.165, 1.54) is 11.8 Å². The van der Waals surface area contributed by atoms with Gasteiger partial charge in [-0.1, -0.05) is 31.5 Å². The van der Waals surface area contributed by atoms with Crippen LogP contribution < -0.4 is 16.0 Å². The summed E-state index contributed by atoms with van der Waals surface area (Å²) >= 11 is 6.14. The van der Waals surface area contributed by atoms with Gasteiger partial charge in [0.25, 0.3) is 5.92 Å². The highest BCUT2D eigenvalue weighted by molar-refractivity contribution is 6.30. The molecule has 3 heterocycles. The maximum Gasteiger partial charge on any atom is 0.366 e. The summed E-state index contributed by atoms with van der Waals surface area (Å²) in [7, 11) is 0. The Balaban J connectivity index is 1.65. The first kappa shape index (κ1) is 33.6. The van der Waals surface area contributed by atoms with Crippen LogP contribution in [0.25, 0.3) is 0 Å². The minimum absolute atomic E-state index is 0.0266. The van der Waals surface area contributed by atoms with Gasteiger partial charge in [-0.05, 0) is 69.2 Å². The number of piperidine rings is 2. The smallest absolute Gasteiger partial charge is 0.366 e. The molecule has 0 unspecified atom stereocenters. The second-order valence-electron chi connectivity index (χ2n) is 12.2. The van der Waals surface area contributed by atoms with E-state index in [1.807, 2.05) is 13.8 Å². The Bertz CT molecular complexity index is 1280. The molecule has 1 aromatic carbocycles. The number of carbonyl (C=O) groups is 4. The van der Waals surface area contributed by atoms with E-state index in [9.17, 15) is 23.6 Å². The van der Waals surface area contributed by atoms with E-state index in [1.54, 1.807) is 24.3 Å². The molecular formula is C31H40ClF3N4O5. The minimum atomic E-state index is -3.21. The standard InChI is InChI=1S/C31H40ClF3N4O5/c1-4-44-30(43)24(33)15-21(13-18-10-11-36-27(18)40)38-28(41)26-23-9-8-22(16-31(23,34)35)39(26)29(42)25(12-17(2)3)37-20-7-5-6-19(32)14-20/h5-7,14-15,17-18,21-23,25-26,37H,4,8-13,16H2,1-3H3,(H,36,40)(H,38,41)/b24-15-/t18-,21-,22-,23-,25-,26+/m0/s1. The number of halogens is 4. The monoisotopic (exact) mass is 640 g/mol. The largest absolute Gasteiger partial charge is 0.461 e. The van der Waals surface area contributed by atoms with Gasteiger partial charge in [-0.15, -0.1) is 0 Å². The van der Waals surface area contributed by atoms with Crippen LogP contribution in [0, 0.1) is 17.8 Å². The number of hydrogen-bond donors (Lipinski definition) is 3. The summed E-state index contributed by atoms with van der Waals surface area (Å²) in [6, 6.07) is 2.33. The van der Waals surface area contributed by atoms with Gasteiger partial charge in [-0.2, -0.15) is 4.39 Å². The first-order chi connectivity index (χ1) is 20.8. The first-order valence-electron chi connectivity index (χ1n) is 15.1. The second kappa shape index (κ2) is 14.2. The lowest BCUT2D eigenvalue weighted by Gasteiger charge is -2.54. The summed E-state index contributed by atoms with van der Waals surface area (Å²) in [6.45, 7) is 5.67. The normalized spacial score (nSPS) is 25.8. The molecule has 1 aliphatic carbocycles. The van der Waals surface area contributed by atoms with Crippen LogP contribution in [-0.4, -0.2) is 71.8 Å². The van der Waals surface area contributed by atoms with Gasteiger partial charge in [0.2, 0.25) is 23.5 Å². The fourth-order valence-corrected chi connectivity index (χ4v) is 6.72. The van der Waals surface area contributed by atoms with Crippen molar-refractivity contribution in [3.8, 4) is 0 Å². The molecule has 2 bridgehead atoms. The molecule has 0 spiro atoms. The third-order valence-corrected chi connectivity index (χ3v) is 8.71. The van der Waals surface area contributed by atoms with E-state index in [0.29, 0.717) is 36.5 Å². The van der Waals surface area contributed by atoms with Crippen LogP contribution >= 0.6 is 11.6 Å². The lowest BCUT2D eigenvalue weighted by Crippen LogP contribution is -2.70. The van der Waals surface area contributed by atoms with Crippen molar-refractivity contribution in [2.45, 2.75) is 89.4 Å². The van der Waals surface area contributed by atoms with Crippen LogP contribution in [0.4, 0.5) is 18.9 Å². The Morgan fingerprint density at radius 1 is 1.23 bits per heavy atom. The molecule has 3 saturated heterocycles. The average Bonchev–Trinajstić information content (AvgIpc) is 3.35. The summed E-state index contributed by atoms with van der Waals surface area (Å²) in [4.78, 5) is 53.7. The third-order valence-electron chi connectivity index (χ3n) is 8.48. The molecule has 3 aliphatic heterocycles. The highest BCUT2D eigenvalue weighted by Gasteiger charge is 2.61. The predicted octanol–water partition coefficient (Wildman–Crippen LogP) is 4.61. The molecule has 4 aliphatic rings. The van der Waals surface area contributed by atoms with Gasteiger partial charge in [0, 0.05) is 35.6 Å². The number of carbonyl (C=O) groups excluding carboxylic acids is 4. The Morgan fingerprint density at radius 2 is 1.98 bits per heavy atom. The lowest BCUT2D eigenvalue weighted by atomic mass is 9.71. The number of anilines is 1. The zero-order valence-corrected chi connectivity index (χ0v) is 25.8. The maximum absolute atomic E-state index is 15.3. The topological polar surface area (TPSA) is 117 Å². The molecule has 3 N–H and O–H groups in total. The fraction of sp³-hybridized carbons (Fsp3) is 0.613. The molecule has 5 rings (SSSR count). The van der Waals surface area contributed by atoms with Crippen LogP contribution in [0.1, 0.15) is 59.3 Å². The number of nitrogens with one attached hydrogen (secondary N) is 3. The highest BCUT2D eigenvalue weighted by atomic mass is 35.5. The quantitative estimate of drug-likeness (QED) is 0.227. The molecule has 3 amide bonds. The number of rotatable bonds is 12. The number of hydrogen-bond acceptors (Lipinski definition) is 6. The van der Waals surface area contributed by atoms with Gasteiger partial charge in [-0.3, -0.25) is 14.4 Å². The van der Waals surface area contributed by atoms with Gasteiger partial charge in [-0.25, -0.2) is 13.6 Å². The van der Waals surface area contributed by atoms with Crippen molar-refractivity contribution in [1.29, 1.82) is 0 Å². The van der Waals surface area contributed by atoms with Gasteiger partial charge >= 0.3 is 5.97 Å². The molecule has 1 saturated carbocycles. The van der Waals surface area contributed by atoms with E-state index >= 15 is 8.78 Å². The van der Waals surface area contributed by atoms with Crippen LogP contribution in [0.3, 0.4) is 0 Å². The predicted molar refractivity (Wildman–Crippen MR) is 159 cm³/mol. The van der Waals surface area contributed by atoms with Crippen LogP contribution in [0.15, 0.2) is 36.2 Å². The molecule has 242 valence electrons. The molecule has 1 aromatic rings. The zero-order valence-electron chi connectivity index (χ0n) is 25.1. The zero-order chi connectivity index (χ0) is 32.2. The van der Waals surface area contributed by atoms with Crippen molar-refractivity contribution >= 4 is 41.0 Å². The van der Waals surface area contributed by atoms with Crippen LogP contribution in [0.2, 0.25) is 5.02 Å². The lowest BCUT2D eigenvalue weighted by molar-refractivity contribution is -0.194. The number of fused-ring (bicyclic) bond motifs is 3. The summed E-state index contributed by atoms with van der Waals surface area (Å²) in [5.41, 5.74) is 0.569. The molecule has 9 nitrogen and oxygen atoms in total. The van der Waals surface area contributed by atoms with E-state index in [4.69, 9.17) is 16.3 Å². The molecule has 6 atom stereocenters. The van der Waals surface area contributed by atoms with Gasteiger partial charge < -0.3 is 25.6 Å². The highest BCUT2D eigenvalue weighted by Crippen LogP contribution is 2.49. The Labute approximate surface area is 260 Å². The maximum atomic E-state index is 15.3. The number of alkyl halides is 2. The van der Waals surface area contributed by atoms with Crippen LogP contribution in [0.5, 0.6) is 0 Å². The van der Waals surface area contributed by atoms with Crippen molar-refractivity contribution < 1.29 is 37.1 Å². The summed E-state index contributed by atoms with van der Waals surface area (Å²) in [5, 5.41) is 8.90. The Morgan fingerprint density at radius 3 is 2.59 bits per heavy atom. The Kier molecular flexibility index (Phi) is 10.9. The van der Waals surface area contributed by atoms with E-state index in [2.05, 4.69) is 16.0 Å². The van der Waals surface area contributed by atoms with E-state index in [-0.39, 0.29) is 31.3 Å². The van der Waals surface area contributed by atoms with Crippen molar-refractivity contribution in [2.75, 3.05) is 18.5 Å². The Hall–Kier alpha value is -3.28. The summed E-state index contributed by atoms with van der Waals surface area (Å²) in [6.07, 6.45) is 1.32. The number of amides is 3. The number of nitrogens with zero attached hydrogens (tertiary/aromatic N) is 1. The minimum Gasteiger partial charge on any atom is -0.461 e. The van der Waals surface area contributed by atoms with Crippen molar-refractivity contribution in [1.82, 2.24) is 15.5 Å². The fourth-order valence-electron chi connectivity index (χ4n) is 6.53. The number of esters is 1. The van der Waals surface area contributed by atoms with E-state index < -0.39 is 72.0 Å². The third kappa shape index (κ3) is 7.86. The molecule has 4 fully saturated rings. The SMILES string of the molecule is CCOC(=O)/C(F)=C/[C@H](C[C@@H]1CCNC1=O)NC(=O)[C@H]1[C@@H]2CC[C@@H](CC2(F)F)N1C(=O)[C@H](CC(C)C)Nc1cccc(Cl)c1. The van der Waals surface area contributed by atoms with E-state index in [0.717, 1.165) is 6.08 Å². The van der Waals surface area contributed by atoms with Gasteiger partial charge in [0.05, 0.1) is 18.6 Å². The molecule has 0 radical (unpaired) electrons. The first-order valence-corrected chi connectivity index (χ1v) is 15.5. The van der Waals surface area contributed by atoms with Crippen molar-refractivity contribution in [3.63, 3.8) is 0 Å². The molecular weight excluding hydrogens is 601 g/mol. The molecule has 13 heteroatoms. The van der Waals surface area contributed by atoms with Crippen molar-refractivity contribution in [2.24, 2.45) is 17.8 Å². The van der Waals surface area contributed by atoms with Gasteiger partial charge in [0.15, 0.2) is 0 Å². The average molecular weight is 641 g/mol. The number of ether oxygens (including phenoxy) is 1. The number of benzene rings is 1. The molecule has 0 aromatic heterocycles. The van der Waals surface area contributed by atoms with Gasteiger partial charge in [0.1, 0.15) is 12.1 Å².